The highest BCUT2D eigenvalue weighted by Gasteiger charge is 2.44. The second-order valence-corrected chi connectivity index (χ2v) is 7.04. The molecule has 4 nitrogen and oxygen atoms in total. The Balaban J connectivity index is 1.56. The fraction of sp³-hybridized carbons (Fsp3) is 0.556. The highest BCUT2D eigenvalue weighted by molar-refractivity contribution is 6.30. The summed E-state index contributed by atoms with van der Waals surface area (Å²) in [6, 6.07) is 10.2. The van der Waals surface area contributed by atoms with E-state index in [1.54, 1.807) is 0 Å². The first-order valence-corrected chi connectivity index (χ1v) is 8.68. The number of nitriles is 1. The molecule has 2 fully saturated rings. The predicted molar refractivity (Wildman–Crippen MR) is 89.8 cm³/mol. The third kappa shape index (κ3) is 3.52. The molecule has 1 amide bonds. The fourth-order valence-electron chi connectivity index (χ4n) is 3.66. The summed E-state index contributed by atoms with van der Waals surface area (Å²) in [4.78, 5) is 17.0. The quantitative estimate of drug-likeness (QED) is 0.855. The minimum absolute atomic E-state index is 0.0555. The van der Waals surface area contributed by atoms with Crippen molar-refractivity contribution in [3.05, 3.63) is 34.9 Å². The minimum Gasteiger partial charge on any atom is -0.339 e. The lowest BCUT2D eigenvalue weighted by Crippen LogP contribution is -2.52. The smallest absolute Gasteiger partial charge is 0.243 e. The lowest BCUT2D eigenvalue weighted by atomic mass is 9.86. The van der Waals surface area contributed by atoms with Gasteiger partial charge in [0.25, 0.3) is 0 Å². The summed E-state index contributed by atoms with van der Waals surface area (Å²) in [6.45, 7) is 3.97. The summed E-state index contributed by atoms with van der Waals surface area (Å²) in [5.74, 6) is 0.0555. The number of amides is 1. The van der Waals surface area contributed by atoms with Gasteiger partial charge in [-0.2, -0.15) is 5.26 Å². The normalized spacial score (nSPS) is 21.1. The van der Waals surface area contributed by atoms with Gasteiger partial charge < -0.3 is 4.90 Å². The second-order valence-electron chi connectivity index (χ2n) is 6.60. The number of nitrogens with zero attached hydrogens (tertiary/aromatic N) is 3. The monoisotopic (exact) mass is 331 g/mol. The van der Waals surface area contributed by atoms with Gasteiger partial charge in [0.15, 0.2) is 0 Å². The lowest BCUT2D eigenvalue weighted by Gasteiger charge is -2.37. The standard InChI is InChI=1S/C18H22ClN3O/c19-16-5-3-4-15(12-16)13-21-8-10-22(11-9-21)17(23)18(14-20)6-1-2-7-18/h3-5,12H,1-2,6-11,13H2. The van der Waals surface area contributed by atoms with E-state index in [2.05, 4.69) is 17.0 Å². The van der Waals surface area contributed by atoms with Crippen LogP contribution in [0.5, 0.6) is 0 Å². The third-order valence-corrected chi connectivity index (χ3v) is 5.27. The fourth-order valence-corrected chi connectivity index (χ4v) is 3.87. The van der Waals surface area contributed by atoms with Gasteiger partial charge in [0.2, 0.25) is 5.91 Å². The van der Waals surface area contributed by atoms with Gasteiger partial charge in [0.1, 0.15) is 5.41 Å². The summed E-state index contributed by atoms with van der Waals surface area (Å²) in [6.07, 6.45) is 3.44. The highest BCUT2D eigenvalue weighted by atomic mass is 35.5. The van der Waals surface area contributed by atoms with Crippen molar-refractivity contribution in [2.45, 2.75) is 32.2 Å². The van der Waals surface area contributed by atoms with Gasteiger partial charge in [0, 0.05) is 37.7 Å². The van der Waals surface area contributed by atoms with Gasteiger partial charge >= 0.3 is 0 Å². The van der Waals surface area contributed by atoms with Crippen molar-refractivity contribution >= 4 is 17.5 Å². The van der Waals surface area contributed by atoms with Crippen molar-refractivity contribution in [2.24, 2.45) is 5.41 Å². The molecule has 122 valence electrons. The van der Waals surface area contributed by atoms with E-state index >= 15 is 0 Å². The van der Waals surface area contributed by atoms with Gasteiger partial charge in [-0.25, -0.2) is 0 Å². The molecule has 23 heavy (non-hydrogen) atoms. The molecule has 0 atom stereocenters. The number of halogens is 1. The maximum atomic E-state index is 12.7. The Morgan fingerprint density at radius 1 is 1.22 bits per heavy atom. The number of hydrogen-bond acceptors (Lipinski definition) is 3. The van der Waals surface area contributed by atoms with E-state index in [9.17, 15) is 10.1 Å². The van der Waals surface area contributed by atoms with Crippen molar-refractivity contribution in [1.82, 2.24) is 9.80 Å². The number of carbonyl (C=O) groups is 1. The van der Waals surface area contributed by atoms with Crippen molar-refractivity contribution < 1.29 is 4.79 Å². The molecule has 0 spiro atoms. The Morgan fingerprint density at radius 3 is 2.52 bits per heavy atom. The first-order valence-electron chi connectivity index (χ1n) is 8.30. The van der Waals surface area contributed by atoms with Crippen LogP contribution in [0.15, 0.2) is 24.3 Å². The van der Waals surface area contributed by atoms with Crippen LogP contribution in [0, 0.1) is 16.7 Å². The molecular weight excluding hydrogens is 310 g/mol. The molecule has 1 aliphatic heterocycles. The molecule has 0 radical (unpaired) electrons. The zero-order chi connectivity index (χ0) is 16.3. The molecule has 1 aromatic rings. The van der Waals surface area contributed by atoms with E-state index in [0.717, 1.165) is 50.3 Å². The first kappa shape index (κ1) is 16.3. The van der Waals surface area contributed by atoms with Crippen molar-refractivity contribution in [3.8, 4) is 6.07 Å². The van der Waals surface area contributed by atoms with Crippen LogP contribution in [-0.4, -0.2) is 41.9 Å². The van der Waals surface area contributed by atoms with E-state index in [1.807, 2.05) is 23.1 Å². The molecule has 1 saturated heterocycles. The lowest BCUT2D eigenvalue weighted by molar-refractivity contribution is -0.140. The Kier molecular flexibility index (Phi) is 4.89. The van der Waals surface area contributed by atoms with E-state index in [-0.39, 0.29) is 5.91 Å². The summed E-state index contributed by atoms with van der Waals surface area (Å²) < 4.78 is 0. The molecule has 2 aliphatic rings. The average Bonchev–Trinajstić information content (AvgIpc) is 3.05. The van der Waals surface area contributed by atoms with E-state index < -0.39 is 5.41 Å². The molecule has 1 saturated carbocycles. The number of piperazine rings is 1. The van der Waals surface area contributed by atoms with Gasteiger partial charge in [0.05, 0.1) is 6.07 Å². The molecule has 1 aromatic carbocycles. The topological polar surface area (TPSA) is 47.3 Å². The van der Waals surface area contributed by atoms with Crippen LogP contribution >= 0.6 is 11.6 Å². The SMILES string of the molecule is N#CC1(C(=O)N2CCN(Cc3cccc(Cl)c3)CC2)CCCC1. The van der Waals surface area contributed by atoms with Crippen LogP contribution < -0.4 is 0 Å². The Morgan fingerprint density at radius 2 is 1.91 bits per heavy atom. The predicted octanol–water partition coefficient (Wildman–Crippen LogP) is 3.07. The molecule has 0 unspecified atom stereocenters. The highest BCUT2D eigenvalue weighted by Crippen LogP contribution is 2.39. The van der Waals surface area contributed by atoms with Gasteiger partial charge in [-0.05, 0) is 30.5 Å². The number of carbonyl (C=O) groups excluding carboxylic acids is 1. The summed E-state index contributed by atoms with van der Waals surface area (Å²) in [7, 11) is 0. The van der Waals surface area contributed by atoms with E-state index in [4.69, 9.17) is 11.6 Å². The first-order chi connectivity index (χ1) is 11.1. The Labute approximate surface area is 142 Å². The maximum Gasteiger partial charge on any atom is 0.243 e. The van der Waals surface area contributed by atoms with Gasteiger partial charge in [-0.3, -0.25) is 9.69 Å². The van der Waals surface area contributed by atoms with Crippen LogP contribution in [0.1, 0.15) is 31.2 Å². The van der Waals surface area contributed by atoms with Crippen LogP contribution in [0.25, 0.3) is 0 Å². The molecule has 0 bridgehead atoms. The zero-order valence-electron chi connectivity index (χ0n) is 13.3. The van der Waals surface area contributed by atoms with Gasteiger partial charge in [-0.15, -0.1) is 0 Å². The van der Waals surface area contributed by atoms with Crippen LogP contribution in [0.4, 0.5) is 0 Å². The summed E-state index contributed by atoms with van der Waals surface area (Å²) in [5.41, 5.74) is 0.455. The van der Waals surface area contributed by atoms with E-state index in [0.29, 0.717) is 13.1 Å². The summed E-state index contributed by atoms with van der Waals surface area (Å²) >= 11 is 6.03. The molecule has 1 heterocycles. The molecule has 0 N–H and O–H groups in total. The zero-order valence-corrected chi connectivity index (χ0v) is 14.1. The average molecular weight is 332 g/mol. The molecule has 1 aliphatic carbocycles. The van der Waals surface area contributed by atoms with Gasteiger partial charge in [-0.1, -0.05) is 36.6 Å². The number of benzene rings is 1. The van der Waals surface area contributed by atoms with Crippen LogP contribution in [0.3, 0.4) is 0 Å². The van der Waals surface area contributed by atoms with Crippen molar-refractivity contribution in [2.75, 3.05) is 26.2 Å². The Hall–Kier alpha value is -1.57. The third-order valence-electron chi connectivity index (χ3n) is 5.04. The maximum absolute atomic E-state index is 12.7. The molecule has 5 heteroatoms. The minimum atomic E-state index is -0.741. The Bertz CT molecular complexity index is 611. The van der Waals surface area contributed by atoms with Crippen molar-refractivity contribution in [3.63, 3.8) is 0 Å². The van der Waals surface area contributed by atoms with Crippen LogP contribution in [-0.2, 0) is 11.3 Å². The number of hydrogen-bond donors (Lipinski definition) is 0. The second kappa shape index (κ2) is 6.90. The summed E-state index contributed by atoms with van der Waals surface area (Å²) in [5, 5.41) is 10.2. The van der Waals surface area contributed by atoms with Crippen LogP contribution in [0.2, 0.25) is 5.02 Å². The van der Waals surface area contributed by atoms with Crippen molar-refractivity contribution in [1.29, 1.82) is 5.26 Å². The molecule has 3 rings (SSSR count). The number of rotatable bonds is 3. The van der Waals surface area contributed by atoms with E-state index in [1.165, 1.54) is 5.56 Å². The molecular formula is C18H22ClN3O. The largest absolute Gasteiger partial charge is 0.339 e. The molecule has 0 aromatic heterocycles.